The predicted molar refractivity (Wildman–Crippen MR) is 40.8 cm³/mol. The second-order valence-corrected chi connectivity index (χ2v) is 1.78. The van der Waals surface area contributed by atoms with Crippen LogP contribution in [0.15, 0.2) is 40.7 Å². The Hall–Kier alpha value is -1.38. The van der Waals surface area contributed by atoms with Crippen LogP contribution in [0, 0.1) is 0 Å². The summed E-state index contributed by atoms with van der Waals surface area (Å²) in [5.41, 5.74) is 3.70. The third-order valence-corrected chi connectivity index (χ3v) is 1.05. The molecule has 0 aliphatic rings. The summed E-state index contributed by atoms with van der Waals surface area (Å²) in [5, 5.41) is 7.16. The molecule has 0 fully saturated rings. The molecule has 0 bridgehead atoms. The zero-order chi connectivity index (χ0) is 7.23. The van der Waals surface area contributed by atoms with E-state index in [4.69, 9.17) is 0 Å². The van der Waals surface area contributed by atoms with E-state index in [1.165, 1.54) is 0 Å². The Kier molecular flexibility index (Phi) is 2.43. The average Bonchev–Trinajstić information content (AvgIpc) is 2.03. The molecule has 0 saturated carbocycles. The SMILES string of the molecule is CN=NNc1ccccc1. The molecule has 1 aromatic rings. The Labute approximate surface area is 59.8 Å². The minimum Gasteiger partial charge on any atom is -0.260 e. The number of benzene rings is 1. The van der Waals surface area contributed by atoms with Gasteiger partial charge in [-0.2, -0.15) is 5.11 Å². The van der Waals surface area contributed by atoms with Crippen molar-refractivity contribution in [2.75, 3.05) is 12.5 Å². The van der Waals surface area contributed by atoms with E-state index >= 15 is 0 Å². The van der Waals surface area contributed by atoms with Crippen molar-refractivity contribution in [3.8, 4) is 0 Å². The summed E-state index contributed by atoms with van der Waals surface area (Å²) < 4.78 is 0. The van der Waals surface area contributed by atoms with Crippen molar-refractivity contribution in [2.45, 2.75) is 0 Å². The van der Waals surface area contributed by atoms with Crippen LogP contribution in [-0.2, 0) is 0 Å². The van der Waals surface area contributed by atoms with Crippen molar-refractivity contribution in [2.24, 2.45) is 10.3 Å². The highest BCUT2D eigenvalue weighted by atomic mass is 15.4. The Morgan fingerprint density at radius 3 is 2.50 bits per heavy atom. The van der Waals surface area contributed by atoms with Gasteiger partial charge in [0.1, 0.15) is 0 Å². The Bertz CT molecular complexity index is 205. The van der Waals surface area contributed by atoms with Crippen LogP contribution < -0.4 is 5.43 Å². The summed E-state index contributed by atoms with van der Waals surface area (Å²) >= 11 is 0. The van der Waals surface area contributed by atoms with Crippen molar-refractivity contribution in [1.82, 2.24) is 0 Å². The highest BCUT2D eigenvalue weighted by Crippen LogP contribution is 2.03. The first-order valence-corrected chi connectivity index (χ1v) is 3.03. The zero-order valence-electron chi connectivity index (χ0n) is 5.78. The Morgan fingerprint density at radius 2 is 1.90 bits per heavy atom. The van der Waals surface area contributed by atoms with Gasteiger partial charge >= 0.3 is 0 Å². The van der Waals surface area contributed by atoms with Gasteiger partial charge in [0.2, 0.25) is 0 Å². The Morgan fingerprint density at radius 1 is 1.20 bits per heavy atom. The van der Waals surface area contributed by atoms with Gasteiger partial charge in [0.05, 0.1) is 12.7 Å². The first kappa shape index (κ1) is 6.74. The van der Waals surface area contributed by atoms with Gasteiger partial charge in [-0.15, -0.1) is 0 Å². The van der Waals surface area contributed by atoms with Gasteiger partial charge in [-0.25, -0.2) is 0 Å². The molecule has 52 valence electrons. The first-order valence-electron chi connectivity index (χ1n) is 3.03. The second-order valence-electron chi connectivity index (χ2n) is 1.78. The highest BCUT2D eigenvalue weighted by Gasteiger charge is 1.82. The zero-order valence-corrected chi connectivity index (χ0v) is 5.78. The molecular formula is C7H9N3. The predicted octanol–water partition coefficient (Wildman–Crippen LogP) is 2.10. The molecule has 1 N–H and O–H groups in total. The van der Waals surface area contributed by atoms with Crippen LogP contribution >= 0.6 is 0 Å². The van der Waals surface area contributed by atoms with Crippen molar-refractivity contribution >= 4 is 5.69 Å². The maximum atomic E-state index is 3.62. The summed E-state index contributed by atoms with van der Waals surface area (Å²) in [6, 6.07) is 9.68. The standard InChI is InChI=1S/C7H9N3/c1-8-10-9-7-5-3-2-4-6-7/h2-6H,1H3,(H,8,9). The molecule has 0 amide bonds. The third-order valence-electron chi connectivity index (χ3n) is 1.05. The van der Waals surface area contributed by atoms with Crippen LogP contribution in [0.25, 0.3) is 0 Å². The van der Waals surface area contributed by atoms with Gasteiger partial charge < -0.3 is 0 Å². The minimum absolute atomic E-state index is 0.952. The monoisotopic (exact) mass is 135 g/mol. The second kappa shape index (κ2) is 3.61. The molecule has 10 heavy (non-hydrogen) atoms. The molecule has 0 radical (unpaired) electrons. The lowest BCUT2D eigenvalue weighted by Gasteiger charge is -1.94. The van der Waals surface area contributed by atoms with Gasteiger partial charge in [-0.3, -0.25) is 5.43 Å². The van der Waals surface area contributed by atoms with Crippen molar-refractivity contribution in [3.63, 3.8) is 0 Å². The molecule has 1 aromatic carbocycles. The summed E-state index contributed by atoms with van der Waals surface area (Å²) in [5.74, 6) is 0. The van der Waals surface area contributed by atoms with Crippen LogP contribution in [0.3, 0.4) is 0 Å². The van der Waals surface area contributed by atoms with Gasteiger partial charge in [0, 0.05) is 0 Å². The number of nitrogens with one attached hydrogen (secondary N) is 1. The number of anilines is 1. The average molecular weight is 135 g/mol. The van der Waals surface area contributed by atoms with Crippen LogP contribution in [0.4, 0.5) is 5.69 Å². The molecule has 0 spiro atoms. The summed E-state index contributed by atoms with van der Waals surface area (Å²) in [6.07, 6.45) is 0. The number of para-hydroxylation sites is 1. The fourth-order valence-electron chi connectivity index (χ4n) is 0.620. The number of nitrogens with zero attached hydrogens (tertiary/aromatic N) is 2. The van der Waals surface area contributed by atoms with Crippen LogP contribution in [0.1, 0.15) is 0 Å². The van der Waals surface area contributed by atoms with Gasteiger partial charge in [-0.1, -0.05) is 23.4 Å². The van der Waals surface area contributed by atoms with E-state index in [-0.39, 0.29) is 0 Å². The quantitative estimate of drug-likeness (QED) is 0.489. The summed E-state index contributed by atoms with van der Waals surface area (Å²) in [6.45, 7) is 0. The summed E-state index contributed by atoms with van der Waals surface area (Å²) in [4.78, 5) is 0. The van der Waals surface area contributed by atoms with E-state index in [0.29, 0.717) is 0 Å². The molecule has 3 heteroatoms. The fourth-order valence-corrected chi connectivity index (χ4v) is 0.620. The molecule has 1 rings (SSSR count). The van der Waals surface area contributed by atoms with Crippen molar-refractivity contribution in [3.05, 3.63) is 30.3 Å². The largest absolute Gasteiger partial charge is 0.260 e. The molecule has 0 aromatic heterocycles. The molecule has 0 saturated heterocycles. The van der Waals surface area contributed by atoms with E-state index in [9.17, 15) is 0 Å². The van der Waals surface area contributed by atoms with Gasteiger partial charge in [-0.05, 0) is 12.1 Å². The van der Waals surface area contributed by atoms with Crippen molar-refractivity contribution < 1.29 is 0 Å². The molecule has 0 aliphatic heterocycles. The van der Waals surface area contributed by atoms with E-state index in [1.807, 2.05) is 30.3 Å². The number of hydrogen-bond acceptors (Lipinski definition) is 2. The van der Waals surface area contributed by atoms with Gasteiger partial charge in [0.25, 0.3) is 0 Å². The fraction of sp³-hybridized carbons (Fsp3) is 0.143. The first-order chi connectivity index (χ1) is 4.93. The van der Waals surface area contributed by atoms with Crippen LogP contribution in [0.5, 0.6) is 0 Å². The lowest BCUT2D eigenvalue weighted by Crippen LogP contribution is -1.83. The molecule has 3 nitrogen and oxygen atoms in total. The molecule has 0 atom stereocenters. The molecular weight excluding hydrogens is 126 g/mol. The van der Waals surface area contributed by atoms with E-state index in [1.54, 1.807) is 7.05 Å². The molecule has 0 aliphatic carbocycles. The Balaban J connectivity index is 2.59. The van der Waals surface area contributed by atoms with Crippen LogP contribution in [0.2, 0.25) is 0 Å². The van der Waals surface area contributed by atoms with E-state index in [2.05, 4.69) is 15.8 Å². The third kappa shape index (κ3) is 1.85. The van der Waals surface area contributed by atoms with Gasteiger partial charge in [0.15, 0.2) is 0 Å². The summed E-state index contributed by atoms with van der Waals surface area (Å²) in [7, 11) is 1.62. The molecule has 0 heterocycles. The topological polar surface area (TPSA) is 36.8 Å². The maximum absolute atomic E-state index is 3.62. The number of rotatable bonds is 2. The normalized spacial score (nSPS) is 10.1. The lowest BCUT2D eigenvalue weighted by atomic mass is 10.3. The van der Waals surface area contributed by atoms with E-state index < -0.39 is 0 Å². The number of hydrogen-bond donors (Lipinski definition) is 1. The lowest BCUT2D eigenvalue weighted by molar-refractivity contribution is 1.08. The maximum Gasteiger partial charge on any atom is 0.0578 e. The minimum atomic E-state index is 0.952. The molecule has 0 unspecified atom stereocenters. The van der Waals surface area contributed by atoms with Crippen molar-refractivity contribution in [1.29, 1.82) is 0 Å². The highest BCUT2D eigenvalue weighted by molar-refractivity contribution is 5.41. The van der Waals surface area contributed by atoms with Crippen LogP contribution in [-0.4, -0.2) is 7.05 Å². The smallest absolute Gasteiger partial charge is 0.0578 e. The van der Waals surface area contributed by atoms with E-state index in [0.717, 1.165) is 5.69 Å².